The third-order valence-electron chi connectivity index (χ3n) is 7.47. The summed E-state index contributed by atoms with van der Waals surface area (Å²) in [5, 5.41) is 2.51. The highest BCUT2D eigenvalue weighted by atomic mass is 19.1. The van der Waals surface area contributed by atoms with Gasteiger partial charge in [0.15, 0.2) is 11.7 Å². The highest BCUT2D eigenvalue weighted by molar-refractivity contribution is 6.01. The van der Waals surface area contributed by atoms with Crippen molar-refractivity contribution in [2.45, 2.75) is 57.9 Å². The van der Waals surface area contributed by atoms with Crippen molar-refractivity contribution in [2.75, 3.05) is 0 Å². The van der Waals surface area contributed by atoms with Gasteiger partial charge >= 0.3 is 0 Å². The number of pyridine rings is 1. The molecule has 26 heavy (non-hydrogen) atoms. The molecule has 132 valence electrons. The number of aromatic nitrogens is 1. The Morgan fingerprint density at radius 3 is 2.31 bits per heavy atom. The van der Waals surface area contributed by atoms with Gasteiger partial charge in [0.05, 0.1) is 16.4 Å². The quantitative estimate of drug-likeness (QED) is 0.467. The summed E-state index contributed by atoms with van der Waals surface area (Å²) in [6.07, 6.45) is 2.19. The molecule has 0 radical (unpaired) electrons. The van der Waals surface area contributed by atoms with Crippen LogP contribution >= 0.6 is 0 Å². The van der Waals surface area contributed by atoms with Crippen molar-refractivity contribution in [2.24, 2.45) is 0 Å². The molecule has 1 aromatic heterocycles. The van der Waals surface area contributed by atoms with Crippen molar-refractivity contribution in [3.63, 3.8) is 0 Å². The van der Waals surface area contributed by atoms with Gasteiger partial charge in [-0.25, -0.2) is 4.39 Å². The van der Waals surface area contributed by atoms with E-state index in [-0.39, 0.29) is 22.2 Å². The first-order chi connectivity index (χ1) is 12.1. The number of halogens is 1. The molecule has 0 atom stereocenters. The van der Waals surface area contributed by atoms with E-state index in [1.807, 2.05) is 6.07 Å². The summed E-state index contributed by atoms with van der Waals surface area (Å²) in [5.41, 5.74) is 5.03. The molecule has 2 heteroatoms. The summed E-state index contributed by atoms with van der Waals surface area (Å²) in [6.45, 7) is 13.5. The second kappa shape index (κ2) is 4.36. The first kappa shape index (κ1) is 16.0. The third-order valence-corrected chi connectivity index (χ3v) is 7.47. The zero-order valence-electron chi connectivity index (χ0n) is 16.4. The van der Waals surface area contributed by atoms with Crippen molar-refractivity contribution >= 4 is 10.8 Å². The van der Waals surface area contributed by atoms with Gasteiger partial charge in [-0.15, -0.1) is 0 Å². The first-order valence-corrected chi connectivity index (χ1v) is 9.42. The maximum atomic E-state index is 15.2. The van der Waals surface area contributed by atoms with Crippen LogP contribution in [-0.4, -0.2) is 0 Å². The fourth-order valence-corrected chi connectivity index (χ4v) is 5.28. The van der Waals surface area contributed by atoms with Crippen LogP contribution in [0.5, 0.6) is 0 Å². The number of nitrogens with zero attached hydrogens (tertiary/aromatic N) is 1. The summed E-state index contributed by atoms with van der Waals surface area (Å²) in [5.74, 6) is -0.0951. The zero-order valence-corrected chi connectivity index (χ0v) is 16.4. The fourth-order valence-electron chi connectivity index (χ4n) is 5.28. The van der Waals surface area contributed by atoms with E-state index in [1.54, 1.807) is 6.07 Å². The monoisotopic (exact) mass is 346 g/mol. The summed E-state index contributed by atoms with van der Waals surface area (Å²) >= 11 is 0. The van der Waals surface area contributed by atoms with Gasteiger partial charge < -0.3 is 0 Å². The Morgan fingerprint density at radius 2 is 1.58 bits per heavy atom. The Balaban J connectivity index is 2.15. The molecule has 5 rings (SSSR count). The van der Waals surface area contributed by atoms with Crippen molar-refractivity contribution in [1.82, 2.24) is 0 Å². The smallest absolute Gasteiger partial charge is 0.207 e. The molecule has 1 aliphatic carbocycles. The zero-order chi connectivity index (χ0) is 18.6. The largest absolute Gasteiger partial charge is 0.221 e. The highest BCUT2D eigenvalue weighted by Gasteiger charge is 2.56. The third kappa shape index (κ3) is 1.52. The molecule has 3 aromatic rings. The summed E-state index contributed by atoms with van der Waals surface area (Å²) < 4.78 is 17.6. The van der Waals surface area contributed by atoms with Crippen molar-refractivity contribution in [1.29, 1.82) is 0 Å². The van der Waals surface area contributed by atoms with Crippen LogP contribution in [-0.2, 0) is 16.4 Å². The average molecular weight is 346 g/mol. The Kier molecular flexibility index (Phi) is 2.68. The maximum absolute atomic E-state index is 15.2. The van der Waals surface area contributed by atoms with Crippen molar-refractivity contribution < 1.29 is 8.96 Å². The van der Waals surface area contributed by atoms with Gasteiger partial charge in [0.25, 0.3) is 0 Å². The van der Waals surface area contributed by atoms with Crippen LogP contribution in [0.4, 0.5) is 4.39 Å². The molecular weight excluding hydrogens is 321 g/mol. The molecule has 0 saturated carbocycles. The Bertz CT molecular complexity index is 1120. The van der Waals surface area contributed by atoms with Crippen LogP contribution in [0, 0.1) is 5.82 Å². The molecule has 1 aliphatic heterocycles. The molecule has 0 bridgehead atoms. The van der Waals surface area contributed by atoms with Crippen LogP contribution in [0.1, 0.15) is 58.2 Å². The van der Waals surface area contributed by atoms with Gasteiger partial charge in [0.1, 0.15) is 5.82 Å². The molecule has 2 aromatic carbocycles. The molecule has 0 unspecified atom stereocenters. The van der Waals surface area contributed by atoms with E-state index in [0.29, 0.717) is 0 Å². The topological polar surface area (TPSA) is 3.88 Å². The van der Waals surface area contributed by atoms with Crippen LogP contribution in [0.3, 0.4) is 0 Å². The van der Waals surface area contributed by atoms with E-state index in [0.717, 1.165) is 11.1 Å². The van der Waals surface area contributed by atoms with Crippen LogP contribution in [0.25, 0.3) is 22.0 Å². The lowest BCUT2D eigenvalue weighted by molar-refractivity contribution is -0.759. The summed E-state index contributed by atoms with van der Waals surface area (Å²) in [4.78, 5) is 0. The van der Waals surface area contributed by atoms with Crippen molar-refractivity contribution in [3.8, 4) is 11.3 Å². The number of benzene rings is 2. The summed E-state index contributed by atoms with van der Waals surface area (Å²) in [6, 6.07) is 12.4. The number of hydrogen-bond donors (Lipinski definition) is 0. The normalized spacial score (nSPS) is 20.3. The van der Waals surface area contributed by atoms with E-state index in [4.69, 9.17) is 0 Å². The SMILES string of the molecule is CC1(C)c2c(F)ccc3c2-c2c4c1cccc4cc[n+]2C(C)(C)C3(C)C. The predicted octanol–water partition coefficient (Wildman–Crippen LogP) is 5.60. The summed E-state index contributed by atoms with van der Waals surface area (Å²) in [7, 11) is 0. The molecule has 0 N–H and O–H groups in total. The second-order valence-corrected chi connectivity index (χ2v) is 9.46. The molecule has 0 amide bonds. The highest BCUT2D eigenvalue weighted by Crippen LogP contribution is 2.55. The lowest BCUT2D eigenvalue weighted by Gasteiger charge is -2.46. The molecule has 0 saturated heterocycles. The van der Waals surface area contributed by atoms with E-state index in [2.05, 4.69) is 76.6 Å². The van der Waals surface area contributed by atoms with Gasteiger partial charge in [-0.05, 0) is 36.4 Å². The lowest BCUT2D eigenvalue weighted by Crippen LogP contribution is -2.66. The minimum Gasteiger partial charge on any atom is -0.207 e. The van der Waals surface area contributed by atoms with E-state index in [9.17, 15) is 0 Å². The Hall–Kier alpha value is -2.22. The molecule has 0 spiro atoms. The first-order valence-electron chi connectivity index (χ1n) is 9.42. The van der Waals surface area contributed by atoms with Crippen molar-refractivity contribution in [3.05, 3.63) is 65.1 Å². The number of hydrogen-bond acceptors (Lipinski definition) is 0. The van der Waals surface area contributed by atoms with Gasteiger partial charge in [-0.1, -0.05) is 38.1 Å². The molecule has 1 nitrogen and oxygen atoms in total. The fraction of sp³-hybridized carbons (Fsp3) is 0.375. The number of rotatable bonds is 0. The van der Waals surface area contributed by atoms with Crippen LogP contribution in [0.2, 0.25) is 0 Å². The van der Waals surface area contributed by atoms with E-state index in [1.165, 1.54) is 27.6 Å². The predicted molar refractivity (Wildman–Crippen MR) is 104 cm³/mol. The minimum absolute atomic E-state index is 0.0951. The van der Waals surface area contributed by atoms with E-state index >= 15 is 4.39 Å². The second-order valence-electron chi connectivity index (χ2n) is 9.46. The standard InChI is InChI=1S/C24H25FN/c1-22(2)15-9-7-8-14-12-13-26-21(18(14)15)19-16(10-11-17(25)20(19)22)23(3,4)24(26,5)6/h7-13H,1-6H3/q+1. The van der Waals surface area contributed by atoms with E-state index < -0.39 is 0 Å². The van der Waals surface area contributed by atoms with Crippen LogP contribution in [0.15, 0.2) is 42.6 Å². The minimum atomic E-state index is -0.362. The Labute approximate surface area is 154 Å². The van der Waals surface area contributed by atoms with Crippen LogP contribution < -0.4 is 4.57 Å². The van der Waals surface area contributed by atoms with Gasteiger partial charge in [0.2, 0.25) is 5.69 Å². The van der Waals surface area contributed by atoms with Gasteiger partial charge in [0, 0.05) is 30.9 Å². The molecule has 2 heterocycles. The molecule has 2 aliphatic rings. The van der Waals surface area contributed by atoms with Gasteiger partial charge in [-0.3, -0.25) is 0 Å². The average Bonchev–Trinajstić information content (AvgIpc) is 2.57. The maximum Gasteiger partial charge on any atom is 0.221 e. The Morgan fingerprint density at radius 1 is 0.846 bits per heavy atom. The lowest BCUT2D eigenvalue weighted by atomic mass is 9.60. The molecular formula is C24H25FN+. The van der Waals surface area contributed by atoms with Gasteiger partial charge in [-0.2, -0.15) is 4.57 Å². The molecule has 0 fully saturated rings.